The molecule has 0 aromatic heterocycles. The minimum absolute atomic E-state index is 0.510. The largest absolute Gasteiger partial charge is 0.356 e. The molecule has 0 bridgehead atoms. The van der Waals surface area contributed by atoms with Crippen molar-refractivity contribution in [1.29, 1.82) is 0 Å². The number of likely N-dealkylation sites (N-methyl/N-ethyl adjacent to an activating group) is 1. The molecule has 70 valence electrons. The minimum atomic E-state index is -1.17. The first-order valence-corrected chi connectivity index (χ1v) is 3.27. The summed E-state index contributed by atoms with van der Waals surface area (Å²) >= 11 is 0. The van der Waals surface area contributed by atoms with Crippen LogP contribution in [0.5, 0.6) is 0 Å². The summed E-state index contributed by atoms with van der Waals surface area (Å²) in [6.07, 6.45) is -2.28. The van der Waals surface area contributed by atoms with Gasteiger partial charge < -0.3 is 27.8 Å². The Labute approximate surface area is 69.6 Å². The van der Waals surface area contributed by atoms with Gasteiger partial charge in [-0.1, -0.05) is 0 Å². The molecule has 8 N–H and O–H groups in total. The fourth-order valence-corrected chi connectivity index (χ4v) is 0.471. The van der Waals surface area contributed by atoms with E-state index in [4.69, 9.17) is 17.2 Å². The van der Waals surface area contributed by atoms with Gasteiger partial charge in [0.2, 0.25) is 0 Å². The first-order valence-electron chi connectivity index (χ1n) is 3.27. The van der Waals surface area contributed by atoms with Crippen LogP contribution in [0, 0.1) is 0 Å². The summed E-state index contributed by atoms with van der Waals surface area (Å²) in [5.74, 6) is -1.19. The summed E-state index contributed by atoms with van der Waals surface area (Å²) in [5.41, 5.74) is 15.2. The first kappa shape index (κ1) is 10.8. The maximum atomic E-state index is 10.8. The van der Waals surface area contributed by atoms with E-state index in [2.05, 4.69) is 10.6 Å². The van der Waals surface area contributed by atoms with Crippen molar-refractivity contribution in [1.82, 2.24) is 10.6 Å². The Balaban J connectivity index is 3.92. The second-order valence-corrected chi connectivity index (χ2v) is 2.13. The minimum Gasteiger partial charge on any atom is -0.356 e. The van der Waals surface area contributed by atoms with Crippen molar-refractivity contribution < 1.29 is 9.59 Å². The molecule has 0 heterocycles. The zero-order chi connectivity index (χ0) is 9.72. The lowest BCUT2D eigenvalue weighted by atomic mass is 10.4. The molecule has 12 heavy (non-hydrogen) atoms. The predicted octanol–water partition coefficient (Wildman–Crippen LogP) is -3.62. The Morgan fingerprint density at radius 3 is 2.00 bits per heavy atom. The lowest BCUT2D eigenvalue weighted by Gasteiger charge is -2.13. The van der Waals surface area contributed by atoms with Gasteiger partial charge in [0, 0.05) is 7.05 Å². The second kappa shape index (κ2) is 4.65. The van der Waals surface area contributed by atoms with E-state index < -0.39 is 24.1 Å². The first-order chi connectivity index (χ1) is 5.49. The lowest BCUT2D eigenvalue weighted by molar-refractivity contribution is -0.129. The van der Waals surface area contributed by atoms with Gasteiger partial charge in [0.05, 0.1) is 0 Å². The molecule has 0 rings (SSSR count). The number of hydrogen-bond donors (Lipinski definition) is 5. The van der Waals surface area contributed by atoms with Crippen LogP contribution >= 0.6 is 0 Å². The Hall–Kier alpha value is -1.18. The molecule has 0 saturated carbocycles. The van der Waals surface area contributed by atoms with E-state index in [1.165, 1.54) is 7.05 Å². The average molecular weight is 175 g/mol. The van der Waals surface area contributed by atoms with Gasteiger partial charge in [0.25, 0.3) is 11.8 Å². The maximum absolute atomic E-state index is 10.8. The number of nitrogens with one attached hydrogen (secondary N) is 2. The van der Waals surface area contributed by atoms with Gasteiger partial charge in [-0.25, -0.2) is 0 Å². The van der Waals surface area contributed by atoms with Crippen LogP contribution in [-0.2, 0) is 9.59 Å². The van der Waals surface area contributed by atoms with Crippen molar-refractivity contribution >= 4 is 11.8 Å². The maximum Gasteiger partial charge on any atom is 0.257 e. The fourth-order valence-electron chi connectivity index (χ4n) is 0.471. The normalized spacial score (nSPS) is 12.4. The molecule has 0 aromatic rings. The molecule has 0 aliphatic heterocycles. The third kappa shape index (κ3) is 3.28. The molecule has 0 aliphatic carbocycles. The van der Waals surface area contributed by atoms with Crippen molar-refractivity contribution in [3.63, 3.8) is 0 Å². The highest BCUT2D eigenvalue weighted by Crippen LogP contribution is 1.73. The van der Waals surface area contributed by atoms with E-state index in [1.807, 2.05) is 0 Å². The molecule has 0 aliphatic rings. The van der Waals surface area contributed by atoms with Gasteiger partial charge in [-0.2, -0.15) is 0 Å². The van der Waals surface area contributed by atoms with Gasteiger partial charge in [-0.15, -0.1) is 0 Å². The monoisotopic (exact) mass is 175 g/mol. The Kier molecular flexibility index (Phi) is 4.19. The molecule has 2 amide bonds. The summed E-state index contributed by atoms with van der Waals surface area (Å²) in [7, 11) is 1.40. The van der Waals surface area contributed by atoms with Crippen LogP contribution in [0.2, 0.25) is 0 Å². The molecule has 0 fully saturated rings. The molecule has 1 atom stereocenters. The zero-order valence-electron chi connectivity index (χ0n) is 6.70. The molecular weight excluding hydrogens is 162 g/mol. The van der Waals surface area contributed by atoms with Crippen molar-refractivity contribution in [3.8, 4) is 0 Å². The van der Waals surface area contributed by atoms with Crippen LogP contribution in [0.4, 0.5) is 0 Å². The lowest BCUT2D eigenvalue weighted by Crippen LogP contribution is -2.57. The molecule has 0 spiro atoms. The summed E-state index contributed by atoms with van der Waals surface area (Å²) in [6.45, 7) is 0. The topological polar surface area (TPSA) is 136 Å². The zero-order valence-corrected chi connectivity index (χ0v) is 6.70. The third-order valence-electron chi connectivity index (χ3n) is 1.13. The SMILES string of the molecule is CNC(=O)C(N)NC(=O)C(N)N. The van der Waals surface area contributed by atoms with Gasteiger partial charge in [-0.05, 0) is 0 Å². The number of amides is 2. The average Bonchev–Trinajstić information content (AvgIpc) is 2.02. The molecular formula is C5H13N5O2. The summed E-state index contributed by atoms with van der Waals surface area (Å²) in [4.78, 5) is 21.5. The standard InChI is InChI=1S/C5H13N5O2/c1-9-5(12)3(8)10-4(11)2(6)7/h2-3H,6-8H2,1H3,(H,9,12)(H,10,11). The quantitative estimate of drug-likeness (QED) is 0.282. The van der Waals surface area contributed by atoms with Crippen LogP contribution in [0.15, 0.2) is 0 Å². The third-order valence-corrected chi connectivity index (χ3v) is 1.13. The predicted molar refractivity (Wildman–Crippen MR) is 42.3 cm³/mol. The highest BCUT2D eigenvalue weighted by atomic mass is 16.2. The Bertz CT molecular complexity index is 181. The van der Waals surface area contributed by atoms with Gasteiger partial charge in [-0.3, -0.25) is 9.59 Å². The van der Waals surface area contributed by atoms with Crippen molar-refractivity contribution in [2.45, 2.75) is 12.3 Å². The van der Waals surface area contributed by atoms with Crippen molar-refractivity contribution in [3.05, 3.63) is 0 Å². The van der Waals surface area contributed by atoms with Gasteiger partial charge in [0.15, 0.2) is 6.17 Å². The van der Waals surface area contributed by atoms with Crippen molar-refractivity contribution in [2.75, 3.05) is 7.05 Å². The highest BCUT2D eigenvalue weighted by Gasteiger charge is 2.16. The molecule has 0 radical (unpaired) electrons. The van der Waals surface area contributed by atoms with Crippen LogP contribution < -0.4 is 27.8 Å². The molecule has 7 nitrogen and oxygen atoms in total. The highest BCUT2D eigenvalue weighted by molar-refractivity contribution is 5.88. The summed E-state index contributed by atoms with van der Waals surface area (Å²) < 4.78 is 0. The van der Waals surface area contributed by atoms with E-state index >= 15 is 0 Å². The van der Waals surface area contributed by atoms with Crippen LogP contribution in [0.1, 0.15) is 0 Å². The van der Waals surface area contributed by atoms with E-state index in [-0.39, 0.29) is 0 Å². The summed E-state index contributed by atoms with van der Waals surface area (Å²) in [5, 5.41) is 4.36. The fraction of sp³-hybridized carbons (Fsp3) is 0.600. The number of carbonyl (C=O) groups excluding carboxylic acids is 2. The van der Waals surface area contributed by atoms with Crippen LogP contribution in [0.3, 0.4) is 0 Å². The van der Waals surface area contributed by atoms with E-state index in [1.54, 1.807) is 0 Å². The molecule has 0 aromatic carbocycles. The van der Waals surface area contributed by atoms with Gasteiger partial charge >= 0.3 is 0 Å². The van der Waals surface area contributed by atoms with Crippen molar-refractivity contribution in [2.24, 2.45) is 17.2 Å². The molecule has 0 saturated heterocycles. The Morgan fingerprint density at radius 2 is 1.67 bits per heavy atom. The Morgan fingerprint density at radius 1 is 1.17 bits per heavy atom. The molecule has 1 unspecified atom stereocenters. The van der Waals surface area contributed by atoms with Crippen LogP contribution in [-0.4, -0.2) is 31.2 Å². The molecule has 7 heteroatoms. The van der Waals surface area contributed by atoms with Gasteiger partial charge in [0.1, 0.15) is 6.17 Å². The number of rotatable bonds is 3. The van der Waals surface area contributed by atoms with Crippen LogP contribution in [0.25, 0.3) is 0 Å². The van der Waals surface area contributed by atoms with E-state index in [0.717, 1.165) is 0 Å². The summed E-state index contributed by atoms with van der Waals surface area (Å²) in [6, 6.07) is 0. The number of carbonyl (C=O) groups is 2. The number of hydrogen-bond acceptors (Lipinski definition) is 5. The van der Waals surface area contributed by atoms with E-state index in [0.29, 0.717) is 0 Å². The smallest absolute Gasteiger partial charge is 0.257 e. The second-order valence-electron chi connectivity index (χ2n) is 2.13. The number of nitrogens with two attached hydrogens (primary N) is 3. The van der Waals surface area contributed by atoms with E-state index in [9.17, 15) is 9.59 Å².